The second-order valence-electron chi connectivity index (χ2n) is 5.98. The molecule has 2 amide bonds. The maximum absolute atomic E-state index is 12.2. The molecule has 1 aromatic heterocycles. The summed E-state index contributed by atoms with van der Waals surface area (Å²) < 4.78 is 0. The van der Waals surface area contributed by atoms with Crippen LogP contribution in [0.3, 0.4) is 0 Å². The molecule has 1 aliphatic heterocycles. The van der Waals surface area contributed by atoms with Gasteiger partial charge in [0.25, 0.3) is 5.91 Å². The van der Waals surface area contributed by atoms with E-state index in [-0.39, 0.29) is 23.9 Å². The molecule has 5 nitrogen and oxygen atoms in total. The van der Waals surface area contributed by atoms with Crippen LogP contribution in [0.1, 0.15) is 55.4 Å². The maximum atomic E-state index is 12.2. The van der Waals surface area contributed by atoms with Crippen molar-refractivity contribution in [3.8, 4) is 0 Å². The topological polar surface area (TPSA) is 71.1 Å². The average Bonchev–Trinajstić information content (AvgIpc) is 3.04. The number of nitrogens with one attached hydrogen (secondary N) is 2. The Kier molecular flexibility index (Phi) is 4.53. The van der Waals surface area contributed by atoms with Crippen LogP contribution in [-0.2, 0) is 4.79 Å². The van der Waals surface area contributed by atoms with Gasteiger partial charge in [-0.3, -0.25) is 9.59 Å². The number of hydrogen-bond donors (Lipinski definition) is 2. The molecule has 2 unspecified atom stereocenters. The standard InChI is InChI=1S/C15H21N3O2S/c19-13-7-6-11(17-15(20)12-8-21-9-16-12)14(18-13)10-4-2-1-3-5-10/h8-11,14H,1-7H2,(H,17,20)(H,18,19). The van der Waals surface area contributed by atoms with Crippen LogP contribution in [0.5, 0.6) is 0 Å². The summed E-state index contributed by atoms with van der Waals surface area (Å²) in [5.74, 6) is 0.478. The van der Waals surface area contributed by atoms with Crippen molar-refractivity contribution < 1.29 is 9.59 Å². The number of amides is 2. The summed E-state index contributed by atoms with van der Waals surface area (Å²) in [4.78, 5) is 28.0. The molecule has 1 saturated carbocycles. The van der Waals surface area contributed by atoms with Gasteiger partial charge >= 0.3 is 0 Å². The van der Waals surface area contributed by atoms with Gasteiger partial charge in [-0.05, 0) is 25.2 Å². The third-order valence-corrected chi connectivity index (χ3v) is 5.17. The zero-order valence-corrected chi connectivity index (χ0v) is 12.8. The second-order valence-corrected chi connectivity index (χ2v) is 6.70. The highest BCUT2D eigenvalue weighted by Crippen LogP contribution is 2.30. The van der Waals surface area contributed by atoms with Gasteiger partial charge in [-0.2, -0.15) is 0 Å². The molecule has 2 heterocycles. The van der Waals surface area contributed by atoms with Crippen molar-refractivity contribution in [1.29, 1.82) is 0 Å². The van der Waals surface area contributed by atoms with E-state index in [1.54, 1.807) is 10.9 Å². The Balaban J connectivity index is 1.68. The summed E-state index contributed by atoms with van der Waals surface area (Å²) in [6.07, 6.45) is 7.25. The first kappa shape index (κ1) is 14.5. The van der Waals surface area contributed by atoms with Gasteiger partial charge in [0, 0.05) is 11.8 Å². The number of aromatic nitrogens is 1. The van der Waals surface area contributed by atoms with Crippen LogP contribution in [0.25, 0.3) is 0 Å². The fourth-order valence-electron chi connectivity index (χ4n) is 3.49. The number of rotatable bonds is 3. The Labute approximate surface area is 128 Å². The highest BCUT2D eigenvalue weighted by atomic mass is 32.1. The van der Waals surface area contributed by atoms with E-state index in [9.17, 15) is 9.59 Å². The third-order valence-electron chi connectivity index (χ3n) is 4.58. The largest absolute Gasteiger partial charge is 0.351 e. The highest BCUT2D eigenvalue weighted by molar-refractivity contribution is 7.07. The molecule has 3 rings (SSSR count). The summed E-state index contributed by atoms with van der Waals surface area (Å²) in [6, 6.07) is 0.106. The van der Waals surface area contributed by atoms with Crippen LogP contribution in [-0.4, -0.2) is 28.9 Å². The molecule has 0 spiro atoms. The van der Waals surface area contributed by atoms with Crippen molar-refractivity contribution in [2.75, 3.05) is 0 Å². The predicted octanol–water partition coefficient (Wildman–Crippen LogP) is 2.10. The molecule has 1 aliphatic carbocycles. The van der Waals surface area contributed by atoms with E-state index in [4.69, 9.17) is 0 Å². The average molecular weight is 307 g/mol. The minimum absolute atomic E-state index is 0.0278. The number of nitrogens with zero attached hydrogens (tertiary/aromatic N) is 1. The lowest BCUT2D eigenvalue weighted by Crippen LogP contribution is -2.58. The van der Waals surface area contributed by atoms with Crippen LogP contribution in [0, 0.1) is 5.92 Å². The Morgan fingerprint density at radius 2 is 2.10 bits per heavy atom. The molecule has 0 bridgehead atoms. The van der Waals surface area contributed by atoms with Gasteiger partial charge < -0.3 is 10.6 Å². The summed E-state index contributed by atoms with van der Waals surface area (Å²) in [5.41, 5.74) is 2.13. The van der Waals surface area contributed by atoms with Crippen molar-refractivity contribution in [3.63, 3.8) is 0 Å². The molecule has 21 heavy (non-hydrogen) atoms. The fourth-order valence-corrected chi connectivity index (χ4v) is 4.03. The van der Waals surface area contributed by atoms with Crippen molar-refractivity contribution in [2.24, 2.45) is 5.92 Å². The second kappa shape index (κ2) is 6.56. The van der Waals surface area contributed by atoms with E-state index < -0.39 is 0 Å². The van der Waals surface area contributed by atoms with E-state index in [1.807, 2.05) is 0 Å². The predicted molar refractivity (Wildman–Crippen MR) is 81.1 cm³/mol. The number of carbonyl (C=O) groups is 2. The lowest BCUT2D eigenvalue weighted by Gasteiger charge is -2.39. The summed E-state index contributed by atoms with van der Waals surface area (Å²) in [7, 11) is 0. The molecular weight excluding hydrogens is 286 g/mol. The number of thiazole rings is 1. The van der Waals surface area contributed by atoms with Gasteiger partial charge in [0.1, 0.15) is 5.69 Å². The first-order valence-electron chi connectivity index (χ1n) is 7.72. The summed E-state index contributed by atoms with van der Waals surface area (Å²) >= 11 is 1.42. The third kappa shape index (κ3) is 3.43. The molecule has 2 atom stereocenters. The van der Waals surface area contributed by atoms with Gasteiger partial charge in [0.05, 0.1) is 17.6 Å². The molecule has 6 heteroatoms. The van der Waals surface area contributed by atoms with E-state index >= 15 is 0 Å². The minimum atomic E-state index is -0.127. The Morgan fingerprint density at radius 1 is 1.29 bits per heavy atom. The number of hydrogen-bond acceptors (Lipinski definition) is 4. The first-order chi connectivity index (χ1) is 10.2. The van der Waals surface area contributed by atoms with Crippen molar-refractivity contribution in [1.82, 2.24) is 15.6 Å². The van der Waals surface area contributed by atoms with Crippen LogP contribution < -0.4 is 10.6 Å². The zero-order chi connectivity index (χ0) is 14.7. The number of carbonyl (C=O) groups excluding carboxylic acids is 2. The molecule has 0 radical (unpaired) electrons. The van der Waals surface area contributed by atoms with Crippen molar-refractivity contribution in [3.05, 3.63) is 16.6 Å². The highest BCUT2D eigenvalue weighted by Gasteiger charge is 2.36. The zero-order valence-electron chi connectivity index (χ0n) is 12.0. The van der Waals surface area contributed by atoms with E-state index in [2.05, 4.69) is 15.6 Å². The van der Waals surface area contributed by atoms with Gasteiger partial charge in [-0.1, -0.05) is 19.3 Å². The van der Waals surface area contributed by atoms with Gasteiger partial charge in [0.2, 0.25) is 5.91 Å². The molecule has 1 saturated heterocycles. The molecule has 2 N–H and O–H groups in total. The van der Waals surface area contributed by atoms with Gasteiger partial charge in [-0.25, -0.2) is 4.98 Å². The molecular formula is C15H21N3O2S. The van der Waals surface area contributed by atoms with E-state index in [0.29, 0.717) is 18.0 Å². The Morgan fingerprint density at radius 3 is 2.81 bits per heavy atom. The maximum Gasteiger partial charge on any atom is 0.271 e. The van der Waals surface area contributed by atoms with Gasteiger partial charge in [-0.15, -0.1) is 11.3 Å². The fraction of sp³-hybridized carbons (Fsp3) is 0.667. The molecule has 2 aliphatic rings. The summed E-state index contributed by atoms with van der Waals surface area (Å²) in [6.45, 7) is 0. The van der Waals surface area contributed by atoms with Gasteiger partial charge in [0.15, 0.2) is 0 Å². The van der Waals surface area contributed by atoms with E-state index in [1.165, 1.54) is 30.6 Å². The Bertz CT molecular complexity index is 497. The Hall–Kier alpha value is -1.43. The molecule has 1 aromatic rings. The molecule has 0 aromatic carbocycles. The monoisotopic (exact) mass is 307 g/mol. The van der Waals surface area contributed by atoms with Crippen LogP contribution >= 0.6 is 11.3 Å². The normalized spacial score (nSPS) is 27.1. The SMILES string of the molecule is O=C1CCC(NC(=O)c2cscn2)C(C2CCCCC2)N1. The van der Waals surface area contributed by atoms with Crippen LogP contribution in [0.2, 0.25) is 0 Å². The van der Waals surface area contributed by atoms with Crippen molar-refractivity contribution >= 4 is 23.2 Å². The summed E-state index contributed by atoms with van der Waals surface area (Å²) in [5, 5.41) is 7.95. The van der Waals surface area contributed by atoms with Crippen molar-refractivity contribution in [2.45, 2.75) is 57.0 Å². The minimum Gasteiger partial charge on any atom is -0.351 e. The lowest BCUT2D eigenvalue weighted by molar-refractivity contribution is -0.124. The smallest absolute Gasteiger partial charge is 0.271 e. The van der Waals surface area contributed by atoms with E-state index in [0.717, 1.165) is 19.3 Å². The first-order valence-corrected chi connectivity index (χ1v) is 8.67. The quantitative estimate of drug-likeness (QED) is 0.898. The lowest BCUT2D eigenvalue weighted by atomic mass is 9.78. The van der Waals surface area contributed by atoms with Crippen LogP contribution in [0.15, 0.2) is 10.9 Å². The number of piperidine rings is 1. The van der Waals surface area contributed by atoms with Crippen LogP contribution in [0.4, 0.5) is 0 Å². The molecule has 114 valence electrons. The molecule has 2 fully saturated rings.